The number of anilines is 1. The molecule has 6 heteroatoms. The maximum atomic E-state index is 13.1. The molecule has 0 aliphatic carbocycles. The second kappa shape index (κ2) is 7.83. The van der Waals surface area contributed by atoms with Crippen LogP contribution >= 0.6 is 0 Å². The van der Waals surface area contributed by atoms with Crippen molar-refractivity contribution >= 4 is 23.1 Å². The number of nitrogens with zero attached hydrogens (tertiary/aromatic N) is 2. The molecule has 1 aliphatic heterocycles. The van der Waals surface area contributed by atoms with Gasteiger partial charge in [0.1, 0.15) is 11.5 Å². The fourth-order valence-corrected chi connectivity index (χ4v) is 3.71. The van der Waals surface area contributed by atoms with E-state index >= 15 is 0 Å². The lowest BCUT2D eigenvalue weighted by atomic mass is 9.95. The van der Waals surface area contributed by atoms with E-state index < -0.39 is 17.7 Å². The fourth-order valence-electron chi connectivity index (χ4n) is 3.71. The van der Waals surface area contributed by atoms with Crippen LogP contribution in [0.15, 0.2) is 78.6 Å². The van der Waals surface area contributed by atoms with Crippen molar-refractivity contribution in [2.45, 2.75) is 13.0 Å². The molecule has 4 rings (SSSR count). The smallest absolute Gasteiger partial charge is 0.300 e. The first-order valence-corrected chi connectivity index (χ1v) is 9.44. The van der Waals surface area contributed by atoms with Gasteiger partial charge < -0.3 is 9.84 Å². The minimum absolute atomic E-state index is 0.0303. The van der Waals surface area contributed by atoms with E-state index in [1.54, 1.807) is 43.5 Å². The summed E-state index contributed by atoms with van der Waals surface area (Å²) in [6.07, 6.45) is 3.04. The number of benzene rings is 2. The van der Waals surface area contributed by atoms with Gasteiger partial charge in [0.15, 0.2) is 0 Å². The first-order chi connectivity index (χ1) is 14.5. The van der Waals surface area contributed by atoms with Gasteiger partial charge in [-0.05, 0) is 48.4 Å². The SMILES string of the molecule is COc1cccc(C2/C(=C(/O)c3ccncc3)C(=O)C(=O)N2c2ccccc2C)c1. The van der Waals surface area contributed by atoms with Crippen LogP contribution in [0.5, 0.6) is 5.75 Å². The average molecular weight is 400 g/mol. The lowest BCUT2D eigenvalue weighted by molar-refractivity contribution is -0.132. The number of aromatic nitrogens is 1. The quantitative estimate of drug-likeness (QED) is 0.406. The van der Waals surface area contributed by atoms with Gasteiger partial charge in [0, 0.05) is 23.6 Å². The predicted molar refractivity (Wildman–Crippen MR) is 113 cm³/mol. The van der Waals surface area contributed by atoms with Crippen LogP contribution in [0.3, 0.4) is 0 Å². The first-order valence-electron chi connectivity index (χ1n) is 9.44. The Kier molecular flexibility index (Phi) is 5.06. The van der Waals surface area contributed by atoms with Gasteiger partial charge in [-0.1, -0.05) is 30.3 Å². The maximum absolute atomic E-state index is 13.1. The van der Waals surface area contributed by atoms with Crippen molar-refractivity contribution in [3.05, 3.63) is 95.3 Å². The molecule has 0 bridgehead atoms. The molecule has 3 aromatic rings. The van der Waals surface area contributed by atoms with Crippen molar-refractivity contribution < 1.29 is 19.4 Å². The van der Waals surface area contributed by atoms with Crippen molar-refractivity contribution in [2.24, 2.45) is 0 Å². The van der Waals surface area contributed by atoms with Crippen LogP contribution in [0.1, 0.15) is 22.7 Å². The fraction of sp³-hybridized carbons (Fsp3) is 0.125. The van der Waals surface area contributed by atoms with Gasteiger partial charge in [0.2, 0.25) is 0 Å². The zero-order valence-corrected chi connectivity index (χ0v) is 16.6. The third-order valence-electron chi connectivity index (χ3n) is 5.18. The van der Waals surface area contributed by atoms with Gasteiger partial charge in [-0.15, -0.1) is 0 Å². The number of aliphatic hydroxyl groups excluding tert-OH is 1. The molecule has 2 aromatic carbocycles. The van der Waals surface area contributed by atoms with Gasteiger partial charge >= 0.3 is 0 Å². The zero-order chi connectivity index (χ0) is 21.3. The van der Waals surface area contributed by atoms with Gasteiger partial charge in [0.05, 0.1) is 18.7 Å². The highest BCUT2D eigenvalue weighted by Gasteiger charge is 2.47. The van der Waals surface area contributed by atoms with Crippen LogP contribution in [-0.4, -0.2) is 28.9 Å². The van der Waals surface area contributed by atoms with E-state index in [0.29, 0.717) is 22.6 Å². The van der Waals surface area contributed by atoms with E-state index in [1.165, 1.54) is 17.3 Å². The van der Waals surface area contributed by atoms with E-state index in [1.807, 2.05) is 31.2 Å². The molecule has 0 radical (unpaired) electrons. The summed E-state index contributed by atoms with van der Waals surface area (Å²) in [6.45, 7) is 1.88. The summed E-state index contributed by atoms with van der Waals surface area (Å²) in [5.41, 5.74) is 2.56. The summed E-state index contributed by atoms with van der Waals surface area (Å²) in [5, 5.41) is 11.0. The van der Waals surface area contributed by atoms with Crippen LogP contribution in [0, 0.1) is 6.92 Å². The number of rotatable bonds is 4. The summed E-state index contributed by atoms with van der Waals surface area (Å²) in [7, 11) is 1.55. The molecule has 1 amide bonds. The largest absolute Gasteiger partial charge is 0.507 e. The summed E-state index contributed by atoms with van der Waals surface area (Å²) >= 11 is 0. The second-order valence-electron chi connectivity index (χ2n) is 6.97. The number of aryl methyl sites for hydroxylation is 1. The van der Waals surface area contributed by atoms with E-state index in [-0.39, 0.29) is 11.3 Å². The molecule has 0 saturated carbocycles. The minimum Gasteiger partial charge on any atom is -0.507 e. The standard InChI is InChI=1S/C24H20N2O4/c1-15-6-3-4-9-19(15)26-21(17-7-5-8-18(14-17)30-2)20(23(28)24(26)29)22(27)16-10-12-25-13-11-16/h3-14,21,27H,1-2H3/b22-20-. The molecular weight excluding hydrogens is 380 g/mol. The van der Waals surface area contributed by atoms with Crippen molar-refractivity contribution in [2.75, 3.05) is 12.0 Å². The lowest BCUT2D eigenvalue weighted by Gasteiger charge is -2.27. The Bertz CT molecular complexity index is 1150. The second-order valence-corrected chi connectivity index (χ2v) is 6.97. The van der Waals surface area contributed by atoms with Crippen molar-refractivity contribution in [1.29, 1.82) is 0 Å². The maximum Gasteiger partial charge on any atom is 0.300 e. The molecule has 1 aromatic heterocycles. The van der Waals surface area contributed by atoms with Crippen LogP contribution in [-0.2, 0) is 9.59 Å². The molecule has 2 heterocycles. The van der Waals surface area contributed by atoms with Crippen molar-refractivity contribution in [1.82, 2.24) is 4.98 Å². The summed E-state index contributed by atoms with van der Waals surface area (Å²) in [4.78, 5) is 31.6. The van der Waals surface area contributed by atoms with Gasteiger partial charge in [-0.2, -0.15) is 0 Å². The number of ketones is 1. The first kappa shape index (κ1) is 19.4. The van der Waals surface area contributed by atoms with E-state index in [2.05, 4.69) is 4.98 Å². The molecule has 1 fully saturated rings. The molecule has 1 saturated heterocycles. The monoisotopic (exact) mass is 400 g/mol. The third kappa shape index (κ3) is 3.22. The van der Waals surface area contributed by atoms with Crippen LogP contribution < -0.4 is 9.64 Å². The normalized spacial score (nSPS) is 17.9. The van der Waals surface area contributed by atoms with Crippen LogP contribution in [0.2, 0.25) is 0 Å². The highest BCUT2D eigenvalue weighted by atomic mass is 16.5. The third-order valence-corrected chi connectivity index (χ3v) is 5.18. The summed E-state index contributed by atoms with van der Waals surface area (Å²) < 4.78 is 5.34. The Labute approximate surface area is 174 Å². The molecule has 1 unspecified atom stereocenters. The molecular formula is C24H20N2O4. The minimum atomic E-state index is -0.797. The Morgan fingerprint density at radius 2 is 1.77 bits per heavy atom. The van der Waals surface area contributed by atoms with Crippen LogP contribution in [0.25, 0.3) is 5.76 Å². The molecule has 0 spiro atoms. The number of aliphatic hydroxyl groups is 1. The highest BCUT2D eigenvalue weighted by Crippen LogP contribution is 2.43. The molecule has 1 N–H and O–H groups in total. The summed E-state index contributed by atoms with van der Waals surface area (Å²) in [6, 6.07) is 16.9. The van der Waals surface area contributed by atoms with Gasteiger partial charge in [0.25, 0.3) is 11.7 Å². The number of para-hydroxylation sites is 1. The number of amides is 1. The van der Waals surface area contributed by atoms with Crippen LogP contribution in [0.4, 0.5) is 5.69 Å². The molecule has 30 heavy (non-hydrogen) atoms. The Morgan fingerprint density at radius 1 is 1.03 bits per heavy atom. The number of methoxy groups -OCH3 is 1. The van der Waals surface area contributed by atoms with Gasteiger partial charge in [-0.3, -0.25) is 19.5 Å². The average Bonchev–Trinajstić information content (AvgIpc) is 3.05. The lowest BCUT2D eigenvalue weighted by Crippen LogP contribution is -2.30. The number of ether oxygens (including phenoxy) is 1. The van der Waals surface area contributed by atoms with Gasteiger partial charge in [-0.25, -0.2) is 0 Å². The number of Topliss-reactive ketones (excluding diaryl/α,β-unsaturated/α-hetero) is 1. The Morgan fingerprint density at radius 3 is 2.47 bits per heavy atom. The Balaban J connectivity index is 1.98. The highest BCUT2D eigenvalue weighted by molar-refractivity contribution is 6.51. The Hall–Kier alpha value is -3.93. The van der Waals surface area contributed by atoms with E-state index in [4.69, 9.17) is 4.74 Å². The molecule has 1 atom stereocenters. The number of hydrogen-bond donors (Lipinski definition) is 1. The van der Waals surface area contributed by atoms with E-state index in [9.17, 15) is 14.7 Å². The molecule has 1 aliphatic rings. The number of pyridine rings is 1. The van der Waals surface area contributed by atoms with Crippen molar-refractivity contribution in [3.8, 4) is 5.75 Å². The number of carbonyl (C=O) groups excluding carboxylic acids is 2. The number of hydrogen-bond acceptors (Lipinski definition) is 5. The summed E-state index contributed by atoms with van der Waals surface area (Å²) in [5.74, 6) is -1.07. The predicted octanol–water partition coefficient (Wildman–Crippen LogP) is 4.02. The molecule has 6 nitrogen and oxygen atoms in total. The molecule has 150 valence electrons. The van der Waals surface area contributed by atoms with E-state index in [0.717, 1.165) is 5.56 Å². The van der Waals surface area contributed by atoms with Crippen molar-refractivity contribution in [3.63, 3.8) is 0 Å². The zero-order valence-electron chi connectivity index (χ0n) is 16.6. The topological polar surface area (TPSA) is 79.7 Å². The number of carbonyl (C=O) groups is 2.